The van der Waals surface area contributed by atoms with Crippen LogP contribution in [0.5, 0.6) is 0 Å². The second-order valence-corrected chi connectivity index (χ2v) is 5.41. The molecule has 2 aliphatic rings. The van der Waals surface area contributed by atoms with Crippen LogP contribution in [0, 0.1) is 5.92 Å². The van der Waals surface area contributed by atoms with Gasteiger partial charge in [-0.1, -0.05) is 6.92 Å². The van der Waals surface area contributed by atoms with Crippen LogP contribution in [-0.4, -0.2) is 61.3 Å². The largest absolute Gasteiger partial charge is 0.374 e. The molecule has 0 bridgehead atoms. The molecule has 0 saturated carbocycles. The van der Waals surface area contributed by atoms with Crippen LogP contribution >= 0.6 is 0 Å². The van der Waals surface area contributed by atoms with Crippen LogP contribution in [0.3, 0.4) is 0 Å². The van der Waals surface area contributed by atoms with Crippen LogP contribution in [0.1, 0.15) is 20.8 Å². The Balaban J connectivity index is 1.73. The van der Waals surface area contributed by atoms with E-state index in [1.54, 1.807) is 0 Å². The Hall–Kier alpha value is -0.120. The fourth-order valence-electron chi connectivity index (χ4n) is 2.59. The Kier molecular flexibility index (Phi) is 3.65. The molecule has 88 valence electrons. The van der Waals surface area contributed by atoms with Crippen molar-refractivity contribution >= 4 is 0 Å². The summed E-state index contributed by atoms with van der Waals surface area (Å²) in [4.78, 5) is 5.04. The van der Waals surface area contributed by atoms with E-state index in [0.717, 1.165) is 32.2 Å². The van der Waals surface area contributed by atoms with E-state index in [-0.39, 0.29) is 0 Å². The zero-order valence-corrected chi connectivity index (χ0v) is 10.3. The number of hydrogen-bond donors (Lipinski definition) is 0. The predicted octanol–water partition coefficient (Wildman–Crippen LogP) is 1.05. The van der Waals surface area contributed by atoms with Gasteiger partial charge in [-0.25, -0.2) is 0 Å². The molecule has 0 aromatic rings. The van der Waals surface area contributed by atoms with E-state index in [1.807, 2.05) is 0 Å². The summed E-state index contributed by atoms with van der Waals surface area (Å²) in [6.07, 6.45) is 0.439. The number of likely N-dealkylation sites (tertiary alicyclic amines) is 1. The first-order valence-electron chi connectivity index (χ1n) is 6.23. The van der Waals surface area contributed by atoms with Gasteiger partial charge in [-0.3, -0.25) is 4.90 Å². The molecule has 0 aliphatic carbocycles. The first-order valence-corrected chi connectivity index (χ1v) is 6.23. The van der Waals surface area contributed by atoms with Gasteiger partial charge in [-0.2, -0.15) is 0 Å². The lowest BCUT2D eigenvalue weighted by atomic mass is 10.0. The number of ether oxygens (including phenoxy) is 1. The predicted molar refractivity (Wildman–Crippen MR) is 62.1 cm³/mol. The van der Waals surface area contributed by atoms with Crippen molar-refractivity contribution in [3.63, 3.8) is 0 Å². The van der Waals surface area contributed by atoms with E-state index < -0.39 is 0 Å². The Labute approximate surface area is 93.4 Å². The average molecular weight is 212 g/mol. The molecule has 0 spiro atoms. The molecule has 15 heavy (non-hydrogen) atoms. The molecule has 2 heterocycles. The summed E-state index contributed by atoms with van der Waals surface area (Å²) in [6, 6.07) is 0.659. The van der Waals surface area contributed by atoms with Crippen LogP contribution in [0.25, 0.3) is 0 Å². The Morgan fingerprint density at radius 2 is 2.00 bits per heavy atom. The van der Waals surface area contributed by atoms with Gasteiger partial charge in [0.1, 0.15) is 0 Å². The fourth-order valence-corrected chi connectivity index (χ4v) is 2.59. The zero-order chi connectivity index (χ0) is 10.8. The maximum absolute atomic E-state index is 5.82. The molecule has 2 aliphatic heterocycles. The quantitative estimate of drug-likeness (QED) is 0.695. The third kappa shape index (κ3) is 2.92. The Morgan fingerprint density at radius 3 is 2.60 bits per heavy atom. The van der Waals surface area contributed by atoms with Crippen LogP contribution in [0.4, 0.5) is 0 Å². The summed E-state index contributed by atoms with van der Waals surface area (Å²) >= 11 is 0. The van der Waals surface area contributed by atoms with E-state index >= 15 is 0 Å². The van der Waals surface area contributed by atoms with E-state index in [4.69, 9.17) is 4.74 Å². The van der Waals surface area contributed by atoms with E-state index in [9.17, 15) is 0 Å². The molecule has 0 aromatic carbocycles. The van der Waals surface area contributed by atoms with Crippen molar-refractivity contribution in [2.24, 2.45) is 5.92 Å². The first-order chi connectivity index (χ1) is 7.15. The molecule has 0 unspecified atom stereocenters. The van der Waals surface area contributed by atoms with Gasteiger partial charge < -0.3 is 9.64 Å². The minimum atomic E-state index is 0.439. The second kappa shape index (κ2) is 4.81. The highest BCUT2D eigenvalue weighted by molar-refractivity contribution is 4.82. The van der Waals surface area contributed by atoms with Crippen molar-refractivity contribution < 1.29 is 4.74 Å². The van der Waals surface area contributed by atoms with Crippen molar-refractivity contribution in [1.82, 2.24) is 9.80 Å². The van der Waals surface area contributed by atoms with Crippen molar-refractivity contribution in [3.05, 3.63) is 0 Å². The molecule has 3 heteroatoms. The van der Waals surface area contributed by atoms with E-state index in [0.29, 0.717) is 12.1 Å². The molecule has 3 nitrogen and oxygen atoms in total. The van der Waals surface area contributed by atoms with Crippen molar-refractivity contribution in [2.75, 3.05) is 39.3 Å². The molecular weight excluding hydrogens is 188 g/mol. The molecule has 2 fully saturated rings. The topological polar surface area (TPSA) is 15.7 Å². The maximum Gasteiger partial charge on any atom is 0.0829 e. The van der Waals surface area contributed by atoms with Crippen LogP contribution < -0.4 is 0 Å². The second-order valence-electron chi connectivity index (χ2n) is 5.41. The third-order valence-corrected chi connectivity index (χ3v) is 3.50. The van der Waals surface area contributed by atoms with E-state index in [2.05, 4.69) is 30.6 Å². The smallest absolute Gasteiger partial charge is 0.0829 e. The minimum Gasteiger partial charge on any atom is -0.374 e. The minimum absolute atomic E-state index is 0.439. The van der Waals surface area contributed by atoms with Gasteiger partial charge in [-0.05, 0) is 19.8 Å². The van der Waals surface area contributed by atoms with E-state index in [1.165, 1.54) is 13.1 Å². The molecule has 2 saturated heterocycles. The number of morpholine rings is 1. The van der Waals surface area contributed by atoms with Crippen molar-refractivity contribution in [1.29, 1.82) is 0 Å². The summed E-state index contributed by atoms with van der Waals surface area (Å²) in [6.45, 7) is 13.6. The molecule has 0 aromatic heterocycles. The summed E-state index contributed by atoms with van der Waals surface area (Å²) in [5.74, 6) is 0.898. The highest BCUT2D eigenvalue weighted by atomic mass is 16.5. The number of hydrogen-bond acceptors (Lipinski definition) is 3. The average Bonchev–Trinajstić information content (AvgIpc) is 2.16. The fraction of sp³-hybridized carbons (Fsp3) is 1.00. The summed E-state index contributed by atoms with van der Waals surface area (Å²) in [5, 5.41) is 0. The molecule has 0 N–H and O–H groups in total. The van der Waals surface area contributed by atoms with Gasteiger partial charge in [0.15, 0.2) is 0 Å². The Morgan fingerprint density at radius 1 is 1.27 bits per heavy atom. The Bertz CT molecular complexity index is 202. The van der Waals surface area contributed by atoms with Crippen molar-refractivity contribution in [3.8, 4) is 0 Å². The molecule has 2 rings (SSSR count). The van der Waals surface area contributed by atoms with Gasteiger partial charge in [0.05, 0.1) is 12.7 Å². The molecule has 0 amide bonds. The van der Waals surface area contributed by atoms with Crippen LogP contribution in [-0.2, 0) is 4.74 Å². The van der Waals surface area contributed by atoms with Crippen LogP contribution in [0.15, 0.2) is 0 Å². The molecular formula is C12H24N2O. The van der Waals surface area contributed by atoms with Gasteiger partial charge in [0.25, 0.3) is 0 Å². The van der Waals surface area contributed by atoms with Gasteiger partial charge in [0, 0.05) is 38.8 Å². The highest BCUT2D eigenvalue weighted by Crippen LogP contribution is 2.17. The number of rotatable bonds is 3. The summed E-state index contributed by atoms with van der Waals surface area (Å²) in [5.41, 5.74) is 0. The van der Waals surface area contributed by atoms with Crippen molar-refractivity contribution in [2.45, 2.75) is 32.9 Å². The zero-order valence-electron chi connectivity index (χ0n) is 10.3. The maximum atomic E-state index is 5.82. The van der Waals surface area contributed by atoms with Gasteiger partial charge >= 0.3 is 0 Å². The monoisotopic (exact) mass is 212 g/mol. The first kappa shape index (κ1) is 11.4. The SMILES string of the molecule is CC1CN(C[C@@H]2CN(C(C)C)CCO2)C1. The lowest BCUT2D eigenvalue weighted by molar-refractivity contribution is -0.0647. The highest BCUT2D eigenvalue weighted by Gasteiger charge is 2.28. The third-order valence-electron chi connectivity index (χ3n) is 3.50. The van der Waals surface area contributed by atoms with Crippen LogP contribution in [0.2, 0.25) is 0 Å². The van der Waals surface area contributed by atoms with Gasteiger partial charge in [0.2, 0.25) is 0 Å². The standard InChI is InChI=1S/C12H24N2O/c1-10(2)14-4-5-15-12(9-14)8-13-6-11(3)7-13/h10-12H,4-9H2,1-3H3/t12-/m1/s1. The summed E-state index contributed by atoms with van der Waals surface area (Å²) in [7, 11) is 0. The summed E-state index contributed by atoms with van der Waals surface area (Å²) < 4.78 is 5.82. The lowest BCUT2D eigenvalue weighted by Crippen LogP contribution is -2.54. The lowest BCUT2D eigenvalue weighted by Gasteiger charge is -2.42. The molecule has 1 atom stereocenters. The molecule has 0 radical (unpaired) electrons. The number of nitrogens with zero attached hydrogens (tertiary/aromatic N) is 2. The van der Waals surface area contributed by atoms with Gasteiger partial charge in [-0.15, -0.1) is 0 Å². The normalized spacial score (nSPS) is 30.8.